The summed E-state index contributed by atoms with van der Waals surface area (Å²) in [5, 5.41) is 2.74. The van der Waals surface area contributed by atoms with Crippen molar-refractivity contribution in [3.63, 3.8) is 0 Å². The van der Waals surface area contributed by atoms with Crippen molar-refractivity contribution in [2.45, 2.75) is 20.3 Å². The number of hydrogen-bond acceptors (Lipinski definition) is 4. The molecule has 0 radical (unpaired) electrons. The first-order valence-corrected chi connectivity index (χ1v) is 8.97. The van der Waals surface area contributed by atoms with E-state index in [9.17, 15) is 13.2 Å². The summed E-state index contributed by atoms with van der Waals surface area (Å²) in [6.45, 7) is 3.72. The summed E-state index contributed by atoms with van der Waals surface area (Å²) in [5.74, 6) is -1.30. The largest absolute Gasteiger partial charge is 0.399 e. The monoisotopic (exact) mass is 352 g/mol. The number of nitrogens with one attached hydrogen (secondary N) is 1. The lowest BCUT2D eigenvalue weighted by atomic mass is 10.2. The molecule has 1 rings (SSSR count). The summed E-state index contributed by atoms with van der Waals surface area (Å²) >= 11 is 11.9. The van der Waals surface area contributed by atoms with Crippen LogP contribution in [0.2, 0.25) is 10.0 Å². The van der Waals surface area contributed by atoms with Gasteiger partial charge in [0.2, 0.25) is 5.91 Å². The predicted octanol–water partition coefficient (Wildman–Crippen LogP) is 2.98. The fourth-order valence-electron chi connectivity index (χ4n) is 1.70. The lowest BCUT2D eigenvalue weighted by Gasteiger charge is -2.12. The topological polar surface area (TPSA) is 89.3 Å². The number of nitrogens with two attached hydrogens (primary N) is 1. The molecule has 21 heavy (non-hydrogen) atoms. The van der Waals surface area contributed by atoms with Crippen LogP contribution < -0.4 is 11.1 Å². The number of amides is 1. The van der Waals surface area contributed by atoms with Crippen molar-refractivity contribution in [2.75, 3.05) is 22.6 Å². The number of halogens is 2. The van der Waals surface area contributed by atoms with Crippen LogP contribution in [0, 0.1) is 5.92 Å². The molecule has 118 valence electrons. The lowest BCUT2D eigenvalue weighted by molar-refractivity contribution is -0.113. The highest BCUT2D eigenvalue weighted by atomic mass is 35.5. The molecule has 0 aromatic heterocycles. The molecule has 1 amide bonds. The van der Waals surface area contributed by atoms with Gasteiger partial charge in [0.25, 0.3) is 0 Å². The maximum Gasteiger partial charge on any atom is 0.239 e. The Bertz CT molecular complexity index is 609. The third-order valence-electron chi connectivity index (χ3n) is 2.92. The Hall–Kier alpha value is -0.980. The number of sulfone groups is 1. The number of hydrogen-bond donors (Lipinski definition) is 2. The third-order valence-corrected chi connectivity index (χ3v) is 5.29. The van der Waals surface area contributed by atoms with Gasteiger partial charge in [0.05, 0.1) is 21.5 Å². The SMILES string of the molecule is CCC(C)CS(=O)(=O)CC(=O)Nc1c(Cl)cc(N)cc1Cl. The van der Waals surface area contributed by atoms with E-state index in [1.54, 1.807) is 0 Å². The number of benzene rings is 1. The lowest BCUT2D eigenvalue weighted by Crippen LogP contribution is -2.27. The van der Waals surface area contributed by atoms with Gasteiger partial charge in [0.1, 0.15) is 5.75 Å². The molecule has 8 heteroatoms. The second-order valence-electron chi connectivity index (χ2n) is 4.98. The van der Waals surface area contributed by atoms with Gasteiger partial charge in [-0.1, -0.05) is 43.5 Å². The Morgan fingerprint density at radius 3 is 2.33 bits per heavy atom. The van der Waals surface area contributed by atoms with E-state index in [1.807, 2.05) is 13.8 Å². The second kappa shape index (κ2) is 7.33. The van der Waals surface area contributed by atoms with E-state index in [2.05, 4.69) is 5.32 Å². The van der Waals surface area contributed by atoms with Crippen molar-refractivity contribution in [2.24, 2.45) is 5.92 Å². The number of rotatable bonds is 6. The molecular weight excluding hydrogens is 335 g/mol. The molecule has 0 aliphatic heterocycles. The summed E-state index contributed by atoms with van der Waals surface area (Å²) in [7, 11) is -3.47. The third kappa shape index (κ3) is 5.73. The van der Waals surface area contributed by atoms with Gasteiger partial charge in [-0.2, -0.15) is 0 Å². The molecule has 0 aliphatic carbocycles. The molecule has 0 spiro atoms. The average molecular weight is 353 g/mol. The summed E-state index contributed by atoms with van der Waals surface area (Å²) in [6.07, 6.45) is 0.733. The molecule has 0 fully saturated rings. The van der Waals surface area contributed by atoms with Crippen molar-refractivity contribution in [3.05, 3.63) is 22.2 Å². The number of nitrogen functional groups attached to an aromatic ring is 1. The molecule has 0 saturated heterocycles. The molecular formula is C13H18Cl2N2O3S. The van der Waals surface area contributed by atoms with Crippen molar-refractivity contribution in [1.29, 1.82) is 0 Å². The minimum atomic E-state index is -3.47. The van der Waals surface area contributed by atoms with Gasteiger partial charge >= 0.3 is 0 Å². The Morgan fingerprint density at radius 1 is 1.33 bits per heavy atom. The van der Waals surface area contributed by atoms with Gasteiger partial charge in [0.15, 0.2) is 9.84 Å². The summed E-state index contributed by atoms with van der Waals surface area (Å²) in [6, 6.07) is 2.85. The minimum absolute atomic E-state index is 0.00602. The maximum absolute atomic E-state index is 11.9. The Labute approximate surface area is 134 Å². The molecule has 5 nitrogen and oxygen atoms in total. The Morgan fingerprint density at radius 2 is 1.86 bits per heavy atom. The van der Waals surface area contributed by atoms with E-state index >= 15 is 0 Å². The zero-order valence-corrected chi connectivity index (χ0v) is 14.1. The minimum Gasteiger partial charge on any atom is -0.399 e. The maximum atomic E-state index is 11.9. The van der Waals surface area contributed by atoms with Crippen molar-refractivity contribution in [3.8, 4) is 0 Å². The first-order valence-electron chi connectivity index (χ1n) is 6.39. The Kier molecular flexibility index (Phi) is 6.31. The Balaban J connectivity index is 2.79. The molecule has 1 unspecified atom stereocenters. The van der Waals surface area contributed by atoms with E-state index < -0.39 is 21.5 Å². The van der Waals surface area contributed by atoms with Crippen LogP contribution in [0.4, 0.5) is 11.4 Å². The van der Waals surface area contributed by atoms with Gasteiger partial charge < -0.3 is 11.1 Å². The van der Waals surface area contributed by atoms with E-state index in [-0.39, 0.29) is 27.4 Å². The van der Waals surface area contributed by atoms with Gasteiger partial charge in [-0.25, -0.2) is 8.42 Å². The average Bonchev–Trinajstić information content (AvgIpc) is 2.32. The molecule has 1 aromatic rings. The van der Waals surface area contributed by atoms with E-state index in [4.69, 9.17) is 28.9 Å². The van der Waals surface area contributed by atoms with Crippen molar-refractivity contribution in [1.82, 2.24) is 0 Å². The molecule has 1 atom stereocenters. The van der Waals surface area contributed by atoms with E-state index in [0.29, 0.717) is 5.69 Å². The predicted molar refractivity (Wildman–Crippen MR) is 87.6 cm³/mol. The fourth-order valence-corrected chi connectivity index (χ4v) is 3.99. The second-order valence-corrected chi connectivity index (χ2v) is 7.90. The van der Waals surface area contributed by atoms with Crippen molar-refractivity contribution < 1.29 is 13.2 Å². The summed E-state index contributed by atoms with van der Waals surface area (Å²) in [5.41, 5.74) is 6.07. The van der Waals surface area contributed by atoms with Crippen LogP contribution in [0.1, 0.15) is 20.3 Å². The number of carbonyl (C=O) groups is 1. The molecule has 1 aromatic carbocycles. The molecule has 0 aliphatic rings. The van der Waals surface area contributed by atoms with Crippen LogP contribution in [0.25, 0.3) is 0 Å². The van der Waals surface area contributed by atoms with Crippen LogP contribution in [-0.2, 0) is 14.6 Å². The number of anilines is 2. The zero-order valence-electron chi connectivity index (χ0n) is 11.8. The van der Waals surface area contributed by atoms with Gasteiger partial charge in [-0.05, 0) is 18.1 Å². The highest BCUT2D eigenvalue weighted by Gasteiger charge is 2.20. The molecule has 3 N–H and O–H groups in total. The highest BCUT2D eigenvalue weighted by molar-refractivity contribution is 7.92. The molecule has 0 bridgehead atoms. The quantitative estimate of drug-likeness (QED) is 0.770. The number of carbonyl (C=O) groups excluding carboxylic acids is 1. The van der Waals surface area contributed by atoms with Crippen LogP contribution in [0.15, 0.2) is 12.1 Å². The van der Waals surface area contributed by atoms with E-state index in [0.717, 1.165) is 6.42 Å². The van der Waals surface area contributed by atoms with E-state index in [1.165, 1.54) is 12.1 Å². The van der Waals surface area contributed by atoms with Crippen LogP contribution in [-0.4, -0.2) is 25.8 Å². The van der Waals surface area contributed by atoms with Crippen LogP contribution in [0.3, 0.4) is 0 Å². The van der Waals surface area contributed by atoms with Crippen LogP contribution in [0.5, 0.6) is 0 Å². The standard InChI is InChI=1S/C13H18Cl2N2O3S/c1-3-8(2)6-21(19,20)7-12(18)17-13-10(14)4-9(16)5-11(13)15/h4-5,8H,3,6-7,16H2,1-2H3,(H,17,18). The zero-order chi connectivity index (χ0) is 16.2. The van der Waals surface area contributed by atoms with Crippen LogP contribution >= 0.6 is 23.2 Å². The summed E-state index contributed by atoms with van der Waals surface area (Å²) < 4.78 is 23.8. The van der Waals surface area contributed by atoms with Gasteiger partial charge in [-0.15, -0.1) is 0 Å². The smallest absolute Gasteiger partial charge is 0.239 e. The van der Waals surface area contributed by atoms with Gasteiger partial charge in [-0.3, -0.25) is 4.79 Å². The summed E-state index contributed by atoms with van der Waals surface area (Å²) in [4.78, 5) is 11.8. The fraction of sp³-hybridized carbons (Fsp3) is 0.462. The first-order chi connectivity index (χ1) is 9.64. The highest BCUT2D eigenvalue weighted by Crippen LogP contribution is 2.32. The molecule has 0 heterocycles. The van der Waals surface area contributed by atoms with Crippen molar-refractivity contribution >= 4 is 50.3 Å². The molecule has 0 saturated carbocycles. The van der Waals surface area contributed by atoms with Gasteiger partial charge in [0, 0.05) is 5.69 Å². The normalized spacial score (nSPS) is 13.0. The first kappa shape index (κ1) is 18.1.